The fraction of sp³-hybridized carbons (Fsp3) is 0.294. The van der Waals surface area contributed by atoms with E-state index in [2.05, 4.69) is 0 Å². The van der Waals surface area contributed by atoms with Crippen molar-refractivity contribution in [3.63, 3.8) is 0 Å². The Bertz CT molecular complexity index is 629. The van der Waals surface area contributed by atoms with Gasteiger partial charge in [0, 0.05) is 28.3 Å². The van der Waals surface area contributed by atoms with E-state index in [4.69, 9.17) is 37.4 Å². The smallest absolute Gasteiger partial charge is 0.126 e. The van der Waals surface area contributed by atoms with E-state index in [0.29, 0.717) is 29.9 Å². The normalized spacial score (nSPS) is 10.5. The molecule has 22 heavy (non-hydrogen) atoms. The van der Waals surface area contributed by atoms with Crippen LogP contribution in [0.25, 0.3) is 0 Å². The van der Waals surface area contributed by atoms with E-state index in [1.165, 1.54) is 0 Å². The van der Waals surface area contributed by atoms with Crippen LogP contribution in [0.3, 0.4) is 0 Å². The van der Waals surface area contributed by atoms with Gasteiger partial charge in [-0.3, -0.25) is 0 Å². The summed E-state index contributed by atoms with van der Waals surface area (Å²) in [4.78, 5) is 0. The lowest BCUT2D eigenvalue weighted by atomic mass is 10.2. The van der Waals surface area contributed by atoms with E-state index in [1.54, 1.807) is 19.2 Å². The molecule has 0 aliphatic carbocycles. The first-order valence-corrected chi connectivity index (χ1v) is 7.65. The summed E-state index contributed by atoms with van der Waals surface area (Å²) >= 11 is 12.0. The van der Waals surface area contributed by atoms with Crippen molar-refractivity contribution < 1.29 is 14.2 Å². The van der Waals surface area contributed by atoms with Gasteiger partial charge < -0.3 is 14.2 Å². The number of methoxy groups -OCH3 is 1. The van der Waals surface area contributed by atoms with Gasteiger partial charge in [-0.1, -0.05) is 35.3 Å². The van der Waals surface area contributed by atoms with Gasteiger partial charge in [-0.05, 0) is 31.2 Å². The molecule has 118 valence electrons. The van der Waals surface area contributed by atoms with Crippen LogP contribution in [-0.4, -0.2) is 20.3 Å². The van der Waals surface area contributed by atoms with Gasteiger partial charge in [-0.15, -0.1) is 0 Å². The first-order chi connectivity index (χ1) is 10.6. The summed E-state index contributed by atoms with van der Waals surface area (Å²) in [5, 5.41) is 1.20. The Hall–Kier alpha value is -1.42. The van der Waals surface area contributed by atoms with Gasteiger partial charge in [0.25, 0.3) is 0 Å². The quantitative estimate of drug-likeness (QED) is 0.670. The highest BCUT2D eigenvalue weighted by atomic mass is 35.5. The molecule has 0 fully saturated rings. The van der Waals surface area contributed by atoms with Crippen LogP contribution in [-0.2, 0) is 11.3 Å². The molecule has 2 rings (SSSR count). The summed E-state index contributed by atoms with van der Waals surface area (Å²) in [6, 6.07) is 11.1. The highest BCUT2D eigenvalue weighted by Crippen LogP contribution is 2.29. The molecular weight excluding hydrogens is 323 g/mol. The first-order valence-electron chi connectivity index (χ1n) is 6.90. The summed E-state index contributed by atoms with van der Waals surface area (Å²) in [6.45, 7) is 3.38. The monoisotopic (exact) mass is 340 g/mol. The zero-order valence-corrected chi connectivity index (χ0v) is 14.1. The zero-order chi connectivity index (χ0) is 15.9. The van der Waals surface area contributed by atoms with Gasteiger partial charge in [0.1, 0.15) is 24.7 Å². The molecule has 0 N–H and O–H groups in total. The van der Waals surface area contributed by atoms with Crippen LogP contribution < -0.4 is 9.47 Å². The largest absolute Gasteiger partial charge is 0.491 e. The van der Waals surface area contributed by atoms with Gasteiger partial charge in [-0.25, -0.2) is 0 Å². The Kier molecular flexibility index (Phi) is 6.37. The molecule has 0 radical (unpaired) electrons. The summed E-state index contributed by atoms with van der Waals surface area (Å²) in [7, 11) is 1.64. The minimum absolute atomic E-state index is 0.373. The van der Waals surface area contributed by atoms with Crippen molar-refractivity contribution in [1.82, 2.24) is 0 Å². The molecule has 5 heteroatoms. The Morgan fingerprint density at radius 1 is 0.955 bits per heavy atom. The van der Waals surface area contributed by atoms with Crippen LogP contribution in [0.15, 0.2) is 36.4 Å². The maximum absolute atomic E-state index is 6.15. The van der Waals surface area contributed by atoms with Crippen molar-refractivity contribution in [2.75, 3.05) is 20.3 Å². The third kappa shape index (κ3) is 4.54. The van der Waals surface area contributed by atoms with Crippen molar-refractivity contribution in [2.24, 2.45) is 0 Å². The maximum Gasteiger partial charge on any atom is 0.126 e. The molecular formula is C17H18Cl2O3. The van der Waals surface area contributed by atoms with Gasteiger partial charge in [0.15, 0.2) is 0 Å². The van der Waals surface area contributed by atoms with Gasteiger partial charge >= 0.3 is 0 Å². The molecule has 0 saturated carbocycles. The molecule has 0 spiro atoms. The van der Waals surface area contributed by atoms with Crippen LogP contribution >= 0.6 is 23.2 Å². The van der Waals surface area contributed by atoms with Crippen molar-refractivity contribution in [1.29, 1.82) is 0 Å². The molecule has 3 nitrogen and oxygen atoms in total. The lowest BCUT2D eigenvalue weighted by molar-refractivity contribution is 0.145. The molecule has 0 aromatic heterocycles. The number of hydrogen-bond acceptors (Lipinski definition) is 3. The SMILES string of the molecule is COCCOc1cccc(OCc2ccc(Cl)cc2Cl)c1C. The van der Waals surface area contributed by atoms with Crippen molar-refractivity contribution >= 4 is 23.2 Å². The molecule has 0 heterocycles. The summed E-state index contributed by atoms with van der Waals surface area (Å²) < 4.78 is 16.5. The molecule has 0 amide bonds. The first kappa shape index (κ1) is 16.9. The molecule has 2 aromatic carbocycles. The lowest BCUT2D eigenvalue weighted by Crippen LogP contribution is -2.06. The minimum atomic E-state index is 0.373. The summed E-state index contributed by atoms with van der Waals surface area (Å²) in [6.07, 6.45) is 0. The van der Waals surface area contributed by atoms with Gasteiger partial charge in [0.2, 0.25) is 0 Å². The standard InChI is InChI=1S/C17H18Cl2O3/c1-12-16(21-9-8-20-2)4-3-5-17(12)22-11-13-6-7-14(18)10-15(13)19/h3-7,10H,8-9,11H2,1-2H3. The number of halogens is 2. The highest BCUT2D eigenvalue weighted by Gasteiger charge is 2.08. The van der Waals surface area contributed by atoms with E-state index in [9.17, 15) is 0 Å². The van der Waals surface area contributed by atoms with Crippen LogP contribution in [0.1, 0.15) is 11.1 Å². The molecule has 0 unspecified atom stereocenters. The summed E-state index contributed by atoms with van der Waals surface area (Å²) in [5.74, 6) is 1.55. The van der Waals surface area contributed by atoms with Crippen molar-refractivity contribution in [3.8, 4) is 11.5 Å². The average Bonchev–Trinajstić information content (AvgIpc) is 2.49. The van der Waals surface area contributed by atoms with Gasteiger partial charge in [-0.2, -0.15) is 0 Å². The Balaban J connectivity index is 2.04. The predicted octanol–water partition coefficient (Wildman–Crippen LogP) is 4.91. The van der Waals surface area contributed by atoms with E-state index in [-0.39, 0.29) is 0 Å². The van der Waals surface area contributed by atoms with Crippen molar-refractivity contribution in [2.45, 2.75) is 13.5 Å². The van der Waals surface area contributed by atoms with Crippen LogP contribution in [0, 0.1) is 6.92 Å². The highest BCUT2D eigenvalue weighted by molar-refractivity contribution is 6.35. The summed E-state index contributed by atoms with van der Waals surface area (Å²) in [5.41, 5.74) is 1.83. The van der Waals surface area contributed by atoms with Crippen LogP contribution in [0.5, 0.6) is 11.5 Å². The van der Waals surface area contributed by atoms with Crippen LogP contribution in [0.4, 0.5) is 0 Å². The van der Waals surface area contributed by atoms with E-state index < -0.39 is 0 Å². The Morgan fingerprint density at radius 2 is 1.68 bits per heavy atom. The molecule has 0 saturated heterocycles. The number of rotatable bonds is 7. The molecule has 0 aliphatic heterocycles. The van der Waals surface area contributed by atoms with E-state index in [0.717, 1.165) is 22.6 Å². The van der Waals surface area contributed by atoms with Gasteiger partial charge in [0.05, 0.1) is 6.61 Å². The van der Waals surface area contributed by atoms with E-state index >= 15 is 0 Å². The second-order valence-electron chi connectivity index (χ2n) is 4.74. The average molecular weight is 341 g/mol. The maximum atomic E-state index is 6.15. The number of ether oxygens (including phenoxy) is 3. The minimum Gasteiger partial charge on any atom is -0.491 e. The molecule has 0 bridgehead atoms. The fourth-order valence-corrected chi connectivity index (χ4v) is 2.40. The second kappa shape index (κ2) is 8.28. The Labute approximate surface area is 140 Å². The number of benzene rings is 2. The molecule has 2 aromatic rings. The lowest BCUT2D eigenvalue weighted by Gasteiger charge is -2.14. The van der Waals surface area contributed by atoms with Crippen LogP contribution in [0.2, 0.25) is 10.0 Å². The predicted molar refractivity (Wildman–Crippen MR) is 89.3 cm³/mol. The third-order valence-electron chi connectivity index (χ3n) is 3.18. The fourth-order valence-electron chi connectivity index (χ4n) is 1.94. The molecule has 0 aliphatic rings. The second-order valence-corrected chi connectivity index (χ2v) is 5.59. The van der Waals surface area contributed by atoms with Crippen molar-refractivity contribution in [3.05, 3.63) is 57.6 Å². The topological polar surface area (TPSA) is 27.7 Å². The molecule has 0 atom stereocenters. The Morgan fingerprint density at radius 3 is 2.36 bits per heavy atom. The van der Waals surface area contributed by atoms with E-state index in [1.807, 2.05) is 31.2 Å². The number of hydrogen-bond donors (Lipinski definition) is 0. The zero-order valence-electron chi connectivity index (χ0n) is 12.6. The third-order valence-corrected chi connectivity index (χ3v) is 3.76.